The number of aromatic nitrogens is 1. The molecule has 3 rings (SSSR count). The number of likely N-dealkylation sites (N-methyl/N-ethyl adjacent to an activating group) is 1. The summed E-state index contributed by atoms with van der Waals surface area (Å²) >= 11 is 6.59. The Balaban J connectivity index is 0.00000300. The number of halogens is 2. The molecule has 0 spiro atoms. The molecule has 2 aromatic rings. The first-order valence-electron chi connectivity index (χ1n) is 9.72. The maximum atomic E-state index is 6.59. The summed E-state index contributed by atoms with van der Waals surface area (Å²) in [5.74, 6) is 0.852. The third-order valence-electron chi connectivity index (χ3n) is 5.39. The molecule has 0 amide bonds. The second-order valence-electron chi connectivity index (χ2n) is 7.40. The molecule has 1 fully saturated rings. The van der Waals surface area contributed by atoms with Crippen LogP contribution < -0.4 is 10.2 Å². The third kappa shape index (κ3) is 6.02. The fourth-order valence-corrected chi connectivity index (χ4v) is 3.83. The molecule has 1 aromatic carbocycles. The van der Waals surface area contributed by atoms with E-state index in [4.69, 9.17) is 11.6 Å². The largest absolute Gasteiger partial charge is 0.369 e. The number of anilines is 1. The molecular formula is C21H32ClIN6. The molecule has 6 nitrogen and oxygen atoms in total. The number of rotatable bonds is 5. The average molecular weight is 531 g/mol. The van der Waals surface area contributed by atoms with Crippen LogP contribution in [0.2, 0.25) is 5.02 Å². The second-order valence-corrected chi connectivity index (χ2v) is 7.80. The first-order valence-corrected chi connectivity index (χ1v) is 10.1. The van der Waals surface area contributed by atoms with Crippen LogP contribution in [0.3, 0.4) is 0 Å². The Morgan fingerprint density at radius 3 is 2.48 bits per heavy atom. The molecule has 1 aliphatic rings. The lowest BCUT2D eigenvalue weighted by molar-refractivity contribution is 0.312. The van der Waals surface area contributed by atoms with Gasteiger partial charge in [0.2, 0.25) is 0 Å². The first-order chi connectivity index (χ1) is 13.5. The van der Waals surface area contributed by atoms with Crippen LogP contribution in [0.4, 0.5) is 5.69 Å². The van der Waals surface area contributed by atoms with Crippen molar-refractivity contribution in [3.8, 4) is 0 Å². The number of nitrogens with zero attached hydrogens (tertiary/aromatic N) is 5. The average Bonchev–Trinajstić information content (AvgIpc) is 3.08. The molecule has 2 heterocycles. The Bertz CT molecular complexity index is 813. The summed E-state index contributed by atoms with van der Waals surface area (Å²) in [6.07, 6.45) is 2.06. The van der Waals surface area contributed by atoms with Crippen molar-refractivity contribution in [2.75, 3.05) is 52.2 Å². The van der Waals surface area contributed by atoms with Gasteiger partial charge in [-0.2, -0.15) is 0 Å². The standard InChI is InChI=1S/C21H31ClN6.HI/c1-23-21(27(4)16-17-7-6-10-26(17)3)24-15-18-19(22)8-5-9-20(18)28-13-11-25(2)12-14-28;/h5-10H,11-16H2,1-4H3,(H,23,24);1H. The number of aryl methyl sites for hydroxylation is 1. The van der Waals surface area contributed by atoms with Gasteiger partial charge >= 0.3 is 0 Å². The highest BCUT2D eigenvalue weighted by Crippen LogP contribution is 2.28. The monoisotopic (exact) mass is 530 g/mol. The fraction of sp³-hybridized carbons (Fsp3) is 0.476. The lowest BCUT2D eigenvalue weighted by atomic mass is 10.1. The zero-order valence-corrected chi connectivity index (χ0v) is 20.8. The molecule has 29 heavy (non-hydrogen) atoms. The first kappa shape index (κ1) is 23.8. The molecule has 160 valence electrons. The highest BCUT2D eigenvalue weighted by molar-refractivity contribution is 14.0. The van der Waals surface area contributed by atoms with E-state index in [0.717, 1.165) is 49.3 Å². The minimum absolute atomic E-state index is 0. The van der Waals surface area contributed by atoms with Gasteiger partial charge in [0.05, 0.1) is 6.54 Å². The molecule has 0 aliphatic carbocycles. The van der Waals surface area contributed by atoms with Crippen LogP contribution in [-0.4, -0.2) is 67.6 Å². The lowest BCUT2D eigenvalue weighted by Gasteiger charge is -2.35. The van der Waals surface area contributed by atoms with Gasteiger partial charge in [-0.05, 0) is 31.3 Å². The van der Waals surface area contributed by atoms with Crippen molar-refractivity contribution in [2.24, 2.45) is 12.0 Å². The molecule has 8 heteroatoms. The topological polar surface area (TPSA) is 39.0 Å². The number of hydrogen-bond acceptors (Lipinski definition) is 3. The van der Waals surface area contributed by atoms with E-state index in [1.165, 1.54) is 11.4 Å². The van der Waals surface area contributed by atoms with Crippen molar-refractivity contribution in [1.29, 1.82) is 0 Å². The Morgan fingerprint density at radius 2 is 1.86 bits per heavy atom. The summed E-state index contributed by atoms with van der Waals surface area (Å²) in [5.41, 5.74) is 3.58. The molecule has 0 bridgehead atoms. The van der Waals surface area contributed by atoms with E-state index >= 15 is 0 Å². The van der Waals surface area contributed by atoms with Gasteiger partial charge in [0.25, 0.3) is 0 Å². The Morgan fingerprint density at radius 1 is 1.14 bits per heavy atom. The van der Waals surface area contributed by atoms with Gasteiger partial charge in [0.15, 0.2) is 5.96 Å². The quantitative estimate of drug-likeness (QED) is 0.366. The summed E-state index contributed by atoms with van der Waals surface area (Å²) in [6, 6.07) is 10.4. The summed E-state index contributed by atoms with van der Waals surface area (Å²) in [5, 5.41) is 4.29. The van der Waals surface area contributed by atoms with Crippen LogP contribution in [0.1, 0.15) is 11.3 Å². The molecule has 1 aromatic heterocycles. The predicted molar refractivity (Wildman–Crippen MR) is 134 cm³/mol. The van der Waals surface area contributed by atoms with Gasteiger partial charge in [0, 0.05) is 82.0 Å². The van der Waals surface area contributed by atoms with Crippen LogP contribution >= 0.6 is 35.6 Å². The fourth-order valence-electron chi connectivity index (χ4n) is 3.60. The van der Waals surface area contributed by atoms with Crippen molar-refractivity contribution < 1.29 is 0 Å². The number of aliphatic imine (C=N–C) groups is 1. The molecule has 0 unspecified atom stereocenters. The van der Waals surface area contributed by atoms with E-state index in [9.17, 15) is 0 Å². The van der Waals surface area contributed by atoms with Crippen LogP contribution in [0.15, 0.2) is 41.5 Å². The maximum Gasteiger partial charge on any atom is 0.194 e. The Labute approximate surface area is 196 Å². The highest BCUT2D eigenvalue weighted by Gasteiger charge is 2.19. The maximum absolute atomic E-state index is 6.59. The van der Waals surface area contributed by atoms with E-state index in [1.54, 1.807) is 0 Å². The number of nitrogens with one attached hydrogen (secondary N) is 1. The molecule has 1 aliphatic heterocycles. The van der Waals surface area contributed by atoms with Crippen LogP contribution in [0.5, 0.6) is 0 Å². The van der Waals surface area contributed by atoms with Gasteiger partial charge in [-0.25, -0.2) is 0 Å². The van der Waals surface area contributed by atoms with E-state index in [-0.39, 0.29) is 24.0 Å². The summed E-state index contributed by atoms with van der Waals surface area (Å²) in [7, 11) is 8.10. The summed E-state index contributed by atoms with van der Waals surface area (Å²) in [6.45, 7) is 5.61. The predicted octanol–water partition coefficient (Wildman–Crippen LogP) is 3.26. The number of guanidine groups is 1. The zero-order valence-electron chi connectivity index (χ0n) is 17.7. The molecular weight excluding hydrogens is 499 g/mol. The summed E-state index contributed by atoms with van der Waals surface area (Å²) in [4.78, 5) is 11.4. The van der Waals surface area contributed by atoms with Crippen LogP contribution in [0.25, 0.3) is 0 Å². The van der Waals surface area contributed by atoms with Gasteiger partial charge < -0.3 is 24.6 Å². The smallest absolute Gasteiger partial charge is 0.194 e. The SMILES string of the molecule is CN=C(NCc1c(Cl)cccc1N1CCN(C)CC1)N(C)Cc1cccn1C.I. The number of hydrogen-bond donors (Lipinski definition) is 1. The van der Waals surface area contributed by atoms with E-state index < -0.39 is 0 Å². The van der Waals surface area contributed by atoms with Crippen LogP contribution in [-0.2, 0) is 20.1 Å². The van der Waals surface area contributed by atoms with Crippen LogP contribution in [0, 0.1) is 0 Å². The molecule has 1 N–H and O–H groups in total. The van der Waals surface area contributed by atoms with E-state index in [2.05, 4.69) is 75.1 Å². The van der Waals surface area contributed by atoms with E-state index in [1.807, 2.05) is 19.2 Å². The van der Waals surface area contributed by atoms with Crippen molar-refractivity contribution >= 4 is 47.2 Å². The van der Waals surface area contributed by atoms with Crippen molar-refractivity contribution in [1.82, 2.24) is 19.7 Å². The lowest BCUT2D eigenvalue weighted by Crippen LogP contribution is -2.45. The molecule has 0 radical (unpaired) electrons. The highest BCUT2D eigenvalue weighted by atomic mass is 127. The van der Waals surface area contributed by atoms with Gasteiger partial charge in [0.1, 0.15) is 0 Å². The zero-order chi connectivity index (χ0) is 20.1. The van der Waals surface area contributed by atoms with Gasteiger partial charge in [-0.1, -0.05) is 17.7 Å². The van der Waals surface area contributed by atoms with Gasteiger partial charge in [-0.15, -0.1) is 24.0 Å². The minimum atomic E-state index is 0. The van der Waals surface area contributed by atoms with Crippen molar-refractivity contribution in [2.45, 2.75) is 13.1 Å². The van der Waals surface area contributed by atoms with Crippen molar-refractivity contribution in [3.63, 3.8) is 0 Å². The third-order valence-corrected chi connectivity index (χ3v) is 5.74. The second kappa shape index (κ2) is 11.1. The molecule has 0 saturated carbocycles. The molecule has 0 atom stereocenters. The van der Waals surface area contributed by atoms with Gasteiger partial charge in [-0.3, -0.25) is 4.99 Å². The normalized spacial score (nSPS) is 15.2. The Kier molecular flexibility index (Phi) is 9.10. The van der Waals surface area contributed by atoms with E-state index in [0.29, 0.717) is 6.54 Å². The number of piperazine rings is 1. The van der Waals surface area contributed by atoms with Crippen molar-refractivity contribution in [3.05, 3.63) is 52.8 Å². The summed E-state index contributed by atoms with van der Waals surface area (Å²) < 4.78 is 2.13. The Hall–Kier alpha value is -1.45. The minimum Gasteiger partial charge on any atom is -0.369 e. The molecule has 1 saturated heterocycles. The number of benzene rings is 1.